The molecule has 0 unspecified atom stereocenters. The van der Waals surface area contributed by atoms with Gasteiger partial charge in [-0.2, -0.15) is 5.26 Å². The zero-order chi connectivity index (χ0) is 15.6. The number of rotatable bonds is 3. The number of furan rings is 1. The Morgan fingerprint density at radius 1 is 1.04 bits per heavy atom. The molecule has 4 rings (SSSR count). The van der Waals surface area contributed by atoms with Gasteiger partial charge in [-0.1, -0.05) is 18.2 Å². The van der Waals surface area contributed by atoms with Crippen molar-refractivity contribution in [3.63, 3.8) is 0 Å². The fraction of sp³-hybridized carbons (Fsp3) is 0. The number of aromatic nitrogens is 4. The fourth-order valence-corrected chi connectivity index (χ4v) is 2.67. The van der Waals surface area contributed by atoms with Gasteiger partial charge in [0.05, 0.1) is 0 Å². The molecule has 110 valence electrons. The summed E-state index contributed by atoms with van der Waals surface area (Å²) in [6.07, 6.45) is 2.95. The zero-order valence-electron chi connectivity index (χ0n) is 11.5. The van der Waals surface area contributed by atoms with E-state index in [0.717, 1.165) is 22.7 Å². The maximum absolute atomic E-state index is 9.01. The number of fused-ring (bicyclic) bond motifs is 1. The quantitative estimate of drug-likeness (QED) is 0.566. The van der Waals surface area contributed by atoms with Crippen LogP contribution in [0.15, 0.2) is 61.8 Å². The summed E-state index contributed by atoms with van der Waals surface area (Å²) >= 11 is 1.08. The Labute approximate surface area is 134 Å². The molecule has 4 aromatic rings. The van der Waals surface area contributed by atoms with E-state index in [9.17, 15) is 0 Å². The van der Waals surface area contributed by atoms with Gasteiger partial charge >= 0.3 is 0 Å². The molecule has 8 heteroatoms. The molecule has 0 radical (unpaired) electrons. The van der Waals surface area contributed by atoms with Crippen LogP contribution in [0.4, 0.5) is 0 Å². The molecular weight excluding hydrogens is 314 g/mol. The Balaban J connectivity index is 1.65. The van der Waals surface area contributed by atoms with Crippen molar-refractivity contribution in [2.45, 2.75) is 10.2 Å². The lowest BCUT2D eigenvalue weighted by Gasteiger charge is -1.95. The monoisotopic (exact) mass is 321 g/mol. The van der Waals surface area contributed by atoms with Crippen molar-refractivity contribution in [1.82, 2.24) is 20.2 Å². The van der Waals surface area contributed by atoms with Gasteiger partial charge in [0, 0.05) is 17.8 Å². The van der Waals surface area contributed by atoms with E-state index in [-0.39, 0.29) is 16.8 Å². The molecule has 0 aliphatic heterocycles. The van der Waals surface area contributed by atoms with Gasteiger partial charge in [-0.15, -0.1) is 10.2 Å². The van der Waals surface area contributed by atoms with Crippen LogP contribution in [0.2, 0.25) is 0 Å². The van der Waals surface area contributed by atoms with Crippen LogP contribution in [-0.4, -0.2) is 20.2 Å². The van der Waals surface area contributed by atoms with Crippen molar-refractivity contribution in [2.75, 3.05) is 0 Å². The summed E-state index contributed by atoms with van der Waals surface area (Å²) in [7, 11) is 0. The largest absolute Gasteiger partial charge is 0.451 e. The number of benzene rings is 1. The molecular formula is C15H7N5O2S. The second-order valence-electron chi connectivity index (χ2n) is 4.45. The molecule has 0 N–H and O–H groups in total. The van der Waals surface area contributed by atoms with Crippen molar-refractivity contribution in [1.29, 1.82) is 5.26 Å². The third-order valence-electron chi connectivity index (χ3n) is 3.00. The zero-order valence-corrected chi connectivity index (χ0v) is 12.3. The second-order valence-corrected chi connectivity index (χ2v) is 5.39. The highest BCUT2D eigenvalue weighted by Crippen LogP contribution is 2.31. The summed E-state index contributed by atoms with van der Waals surface area (Å²) in [5.41, 5.74) is 0.955. The Kier molecular flexibility index (Phi) is 3.25. The van der Waals surface area contributed by atoms with E-state index < -0.39 is 0 Å². The minimum Gasteiger partial charge on any atom is -0.451 e. The fourth-order valence-electron chi connectivity index (χ4n) is 2.00. The van der Waals surface area contributed by atoms with E-state index >= 15 is 0 Å². The van der Waals surface area contributed by atoms with Gasteiger partial charge in [-0.25, -0.2) is 9.97 Å². The molecule has 3 heterocycles. The molecule has 0 aliphatic rings. The van der Waals surface area contributed by atoms with Gasteiger partial charge < -0.3 is 8.83 Å². The number of hydrogen-bond acceptors (Lipinski definition) is 8. The molecule has 1 aromatic carbocycles. The van der Waals surface area contributed by atoms with Gasteiger partial charge in [0.2, 0.25) is 0 Å². The van der Waals surface area contributed by atoms with Crippen LogP contribution in [0.3, 0.4) is 0 Å². The predicted molar refractivity (Wildman–Crippen MR) is 80.4 cm³/mol. The summed E-state index contributed by atoms with van der Waals surface area (Å²) in [4.78, 5) is 8.02. The summed E-state index contributed by atoms with van der Waals surface area (Å²) in [6.45, 7) is 0. The lowest BCUT2D eigenvalue weighted by molar-refractivity contribution is 0.451. The first-order valence-corrected chi connectivity index (χ1v) is 7.36. The highest BCUT2D eigenvalue weighted by molar-refractivity contribution is 7.99. The first-order chi connectivity index (χ1) is 11.3. The number of para-hydroxylation sites is 1. The minimum absolute atomic E-state index is 0.209. The van der Waals surface area contributed by atoms with Crippen molar-refractivity contribution in [3.8, 4) is 17.7 Å². The van der Waals surface area contributed by atoms with Gasteiger partial charge in [-0.3, -0.25) is 0 Å². The lowest BCUT2D eigenvalue weighted by atomic mass is 10.2. The topological polar surface area (TPSA) is 102 Å². The Bertz CT molecular complexity index is 1000. The van der Waals surface area contributed by atoms with Crippen LogP contribution in [0.1, 0.15) is 5.69 Å². The molecule has 0 amide bonds. The standard InChI is InChI=1S/C15H7N5O2S/c16-8-10-14(18-6-5-17-10)23-15-20-19-13(22-15)12-7-9-3-1-2-4-11(9)21-12/h1-7H. The van der Waals surface area contributed by atoms with E-state index in [1.54, 1.807) is 0 Å². The third kappa shape index (κ3) is 2.54. The van der Waals surface area contributed by atoms with Gasteiger partial charge in [-0.05, 0) is 23.9 Å². The molecule has 0 aliphatic carbocycles. The minimum atomic E-state index is 0.209. The van der Waals surface area contributed by atoms with Gasteiger partial charge in [0.25, 0.3) is 11.1 Å². The highest BCUT2D eigenvalue weighted by atomic mass is 32.2. The predicted octanol–water partition coefficient (Wildman–Crippen LogP) is 3.30. The van der Waals surface area contributed by atoms with Crippen molar-refractivity contribution < 1.29 is 8.83 Å². The van der Waals surface area contributed by atoms with Crippen LogP contribution in [0, 0.1) is 11.3 Å². The second kappa shape index (κ2) is 5.55. The van der Waals surface area contributed by atoms with Gasteiger partial charge in [0.1, 0.15) is 16.7 Å². The maximum atomic E-state index is 9.01. The Morgan fingerprint density at radius 2 is 1.91 bits per heavy atom. The Hall–Kier alpha value is -3.18. The van der Waals surface area contributed by atoms with Crippen LogP contribution in [0.5, 0.6) is 0 Å². The molecule has 23 heavy (non-hydrogen) atoms. The average molecular weight is 321 g/mol. The van der Waals surface area contributed by atoms with Crippen LogP contribution < -0.4 is 0 Å². The summed E-state index contributed by atoms with van der Waals surface area (Å²) < 4.78 is 11.2. The van der Waals surface area contributed by atoms with Crippen LogP contribution in [-0.2, 0) is 0 Å². The number of hydrogen-bond donors (Lipinski definition) is 0. The maximum Gasteiger partial charge on any atom is 0.284 e. The normalized spacial score (nSPS) is 10.7. The van der Waals surface area contributed by atoms with Crippen molar-refractivity contribution >= 4 is 22.7 Å². The van der Waals surface area contributed by atoms with E-state index in [0.29, 0.717) is 10.8 Å². The number of nitriles is 1. The van der Waals surface area contributed by atoms with Gasteiger partial charge in [0.15, 0.2) is 11.5 Å². The first-order valence-electron chi connectivity index (χ1n) is 6.55. The van der Waals surface area contributed by atoms with Crippen LogP contribution >= 0.6 is 11.8 Å². The molecule has 0 saturated heterocycles. The van der Waals surface area contributed by atoms with E-state index in [4.69, 9.17) is 14.1 Å². The van der Waals surface area contributed by atoms with Crippen molar-refractivity contribution in [2.24, 2.45) is 0 Å². The molecule has 0 saturated carbocycles. The smallest absolute Gasteiger partial charge is 0.284 e. The summed E-state index contributed by atoms with van der Waals surface area (Å²) in [5, 5.41) is 18.6. The highest BCUT2D eigenvalue weighted by Gasteiger charge is 2.16. The Morgan fingerprint density at radius 3 is 2.78 bits per heavy atom. The van der Waals surface area contributed by atoms with E-state index in [2.05, 4.69) is 20.2 Å². The molecule has 7 nitrogen and oxygen atoms in total. The van der Waals surface area contributed by atoms with E-state index in [1.165, 1.54) is 12.4 Å². The molecule has 0 fully saturated rings. The number of nitrogens with zero attached hydrogens (tertiary/aromatic N) is 5. The van der Waals surface area contributed by atoms with Crippen molar-refractivity contribution in [3.05, 3.63) is 48.4 Å². The first kappa shape index (κ1) is 13.5. The SMILES string of the molecule is N#Cc1nccnc1Sc1nnc(-c2cc3ccccc3o2)o1. The van der Waals surface area contributed by atoms with Crippen LogP contribution in [0.25, 0.3) is 22.6 Å². The summed E-state index contributed by atoms with van der Waals surface area (Å²) in [5.74, 6) is 0.760. The molecule has 0 spiro atoms. The van der Waals surface area contributed by atoms with E-state index in [1.807, 2.05) is 36.4 Å². The molecule has 0 atom stereocenters. The third-order valence-corrected chi connectivity index (χ3v) is 3.83. The molecule has 3 aromatic heterocycles. The average Bonchev–Trinajstić information content (AvgIpc) is 3.21. The molecule has 0 bridgehead atoms. The summed E-state index contributed by atoms with van der Waals surface area (Å²) in [6, 6.07) is 11.4. The lowest BCUT2D eigenvalue weighted by Crippen LogP contribution is -1.89.